The van der Waals surface area contributed by atoms with Gasteiger partial charge in [0, 0.05) is 31.7 Å². The molecule has 1 aliphatic carbocycles. The largest absolute Gasteiger partial charge is 0.465 e. The summed E-state index contributed by atoms with van der Waals surface area (Å²) in [6.07, 6.45) is 6.28. The number of aliphatic imine (C=N–C) groups is 1. The highest BCUT2D eigenvalue weighted by Gasteiger charge is 2.38. The van der Waals surface area contributed by atoms with E-state index in [4.69, 9.17) is 13.9 Å². The van der Waals surface area contributed by atoms with E-state index in [2.05, 4.69) is 27.4 Å². The fourth-order valence-electron chi connectivity index (χ4n) is 4.53. The Morgan fingerprint density at radius 2 is 1.94 bits per heavy atom. The number of aryl methyl sites for hydroxylation is 1. The molecule has 0 aromatic carbocycles. The van der Waals surface area contributed by atoms with Gasteiger partial charge in [-0.2, -0.15) is 0 Å². The third-order valence-corrected chi connectivity index (χ3v) is 6.16. The zero-order valence-electron chi connectivity index (χ0n) is 19.0. The first-order chi connectivity index (χ1) is 14.6. The number of carbonyl (C=O) groups excluding carboxylic acids is 1. The number of ether oxygens (including phenoxy) is 2. The lowest BCUT2D eigenvalue weighted by Crippen LogP contribution is -2.60. The average Bonchev–Trinajstić information content (AvgIpc) is 3.17. The van der Waals surface area contributed by atoms with Gasteiger partial charge in [-0.3, -0.25) is 4.90 Å². The minimum absolute atomic E-state index is 0. The van der Waals surface area contributed by atoms with Gasteiger partial charge in [-0.05, 0) is 32.8 Å². The van der Waals surface area contributed by atoms with Crippen LogP contribution in [-0.4, -0.2) is 68.9 Å². The highest BCUT2D eigenvalue weighted by atomic mass is 127. The first-order valence-corrected chi connectivity index (χ1v) is 11.1. The van der Waals surface area contributed by atoms with Crippen LogP contribution in [0.2, 0.25) is 0 Å². The molecule has 0 amide bonds. The summed E-state index contributed by atoms with van der Waals surface area (Å²) in [6.45, 7) is 9.45. The number of furan rings is 1. The summed E-state index contributed by atoms with van der Waals surface area (Å²) in [6, 6.07) is 1.71. The molecule has 1 saturated heterocycles. The number of hydrogen-bond acceptors (Lipinski definition) is 6. The Labute approximate surface area is 202 Å². The number of rotatable bonds is 7. The standard InChI is InChI=1S/C22H36N4O4.HI/c1-4-23-21(24-15-18-14-19(17(2)30-18)20(27)28-3)25-16-22(8-6-5-7-9-22)26-10-12-29-13-11-26;/h14H,4-13,15-16H2,1-3H3,(H2,23,24,25);1H. The molecule has 9 heteroatoms. The van der Waals surface area contributed by atoms with Crippen LogP contribution < -0.4 is 10.6 Å². The fourth-order valence-corrected chi connectivity index (χ4v) is 4.53. The maximum absolute atomic E-state index is 11.8. The predicted molar refractivity (Wildman–Crippen MR) is 131 cm³/mol. The zero-order chi connectivity index (χ0) is 21.4. The van der Waals surface area contributed by atoms with Crippen molar-refractivity contribution in [2.75, 3.05) is 46.5 Å². The van der Waals surface area contributed by atoms with Crippen molar-refractivity contribution in [2.45, 2.75) is 58.0 Å². The van der Waals surface area contributed by atoms with Crippen molar-refractivity contribution >= 4 is 35.9 Å². The number of hydrogen-bond donors (Lipinski definition) is 2. The molecule has 176 valence electrons. The number of nitrogens with one attached hydrogen (secondary N) is 2. The molecule has 0 spiro atoms. The molecule has 2 fully saturated rings. The topological polar surface area (TPSA) is 88.3 Å². The van der Waals surface area contributed by atoms with Crippen LogP contribution in [0.25, 0.3) is 0 Å². The van der Waals surface area contributed by atoms with Crippen LogP contribution >= 0.6 is 24.0 Å². The van der Waals surface area contributed by atoms with Gasteiger partial charge in [-0.15, -0.1) is 24.0 Å². The second kappa shape index (κ2) is 12.6. The van der Waals surface area contributed by atoms with Crippen molar-refractivity contribution in [2.24, 2.45) is 4.99 Å². The van der Waals surface area contributed by atoms with Crippen molar-refractivity contribution in [1.29, 1.82) is 0 Å². The zero-order valence-corrected chi connectivity index (χ0v) is 21.3. The summed E-state index contributed by atoms with van der Waals surface area (Å²) in [5.74, 6) is 1.58. The Hall–Kier alpha value is -1.33. The molecule has 8 nitrogen and oxygen atoms in total. The normalized spacial score (nSPS) is 19.4. The monoisotopic (exact) mass is 548 g/mol. The lowest BCUT2D eigenvalue weighted by atomic mass is 9.80. The van der Waals surface area contributed by atoms with Gasteiger partial charge < -0.3 is 24.5 Å². The van der Waals surface area contributed by atoms with Gasteiger partial charge in [-0.1, -0.05) is 19.3 Å². The molecule has 0 unspecified atom stereocenters. The van der Waals surface area contributed by atoms with Crippen LogP contribution in [0.1, 0.15) is 60.9 Å². The van der Waals surface area contributed by atoms with E-state index in [0.717, 1.165) is 45.4 Å². The number of halogens is 1. The number of guanidine groups is 1. The molecule has 0 atom stereocenters. The maximum Gasteiger partial charge on any atom is 0.341 e. The van der Waals surface area contributed by atoms with Crippen molar-refractivity contribution in [3.05, 3.63) is 23.2 Å². The van der Waals surface area contributed by atoms with Gasteiger partial charge in [0.15, 0.2) is 5.96 Å². The van der Waals surface area contributed by atoms with Crippen LogP contribution in [-0.2, 0) is 16.0 Å². The number of methoxy groups -OCH3 is 1. The quantitative estimate of drug-likeness (QED) is 0.234. The summed E-state index contributed by atoms with van der Waals surface area (Å²) in [4.78, 5) is 19.1. The van der Waals surface area contributed by atoms with E-state index in [1.165, 1.54) is 39.2 Å². The molecule has 0 radical (unpaired) electrons. The molecule has 2 N–H and O–H groups in total. The predicted octanol–water partition coefficient (Wildman–Crippen LogP) is 3.08. The summed E-state index contributed by atoms with van der Waals surface area (Å²) >= 11 is 0. The lowest BCUT2D eigenvalue weighted by molar-refractivity contribution is -0.0352. The van der Waals surface area contributed by atoms with Gasteiger partial charge >= 0.3 is 5.97 Å². The van der Waals surface area contributed by atoms with Crippen LogP contribution in [0, 0.1) is 6.92 Å². The molecule has 0 bridgehead atoms. The highest BCUT2D eigenvalue weighted by molar-refractivity contribution is 14.0. The third-order valence-electron chi connectivity index (χ3n) is 6.16. The van der Waals surface area contributed by atoms with Crippen molar-refractivity contribution in [3.63, 3.8) is 0 Å². The third kappa shape index (κ3) is 6.82. The van der Waals surface area contributed by atoms with Crippen molar-refractivity contribution in [3.8, 4) is 0 Å². The summed E-state index contributed by atoms with van der Waals surface area (Å²) in [5.41, 5.74) is 0.617. The van der Waals surface area contributed by atoms with E-state index in [1.807, 2.05) is 0 Å². The molecule has 2 aliphatic rings. The smallest absolute Gasteiger partial charge is 0.341 e. The Bertz CT molecular complexity index is 725. The Morgan fingerprint density at radius 1 is 1.23 bits per heavy atom. The molecular weight excluding hydrogens is 511 g/mol. The van der Waals surface area contributed by atoms with Crippen LogP contribution in [0.3, 0.4) is 0 Å². The van der Waals surface area contributed by atoms with Crippen LogP contribution in [0.5, 0.6) is 0 Å². The van der Waals surface area contributed by atoms with E-state index in [9.17, 15) is 4.79 Å². The first-order valence-electron chi connectivity index (χ1n) is 11.1. The molecule has 1 saturated carbocycles. The number of esters is 1. The van der Waals surface area contributed by atoms with E-state index in [0.29, 0.717) is 23.6 Å². The molecule has 1 aliphatic heterocycles. The van der Waals surface area contributed by atoms with E-state index in [1.54, 1.807) is 13.0 Å². The number of nitrogens with zero attached hydrogens (tertiary/aromatic N) is 2. The highest BCUT2D eigenvalue weighted by Crippen LogP contribution is 2.33. The maximum atomic E-state index is 11.8. The van der Waals surface area contributed by atoms with E-state index in [-0.39, 0.29) is 35.5 Å². The second-order valence-electron chi connectivity index (χ2n) is 8.11. The van der Waals surface area contributed by atoms with Crippen molar-refractivity contribution in [1.82, 2.24) is 15.5 Å². The van der Waals surface area contributed by atoms with Gasteiger partial charge in [0.05, 0.1) is 20.3 Å². The Morgan fingerprint density at radius 3 is 2.58 bits per heavy atom. The molecule has 2 heterocycles. The number of morpholine rings is 1. The SMILES string of the molecule is CCNC(=NCc1cc(C(=O)OC)c(C)o1)NCC1(N2CCOCC2)CCCCC1.I. The average molecular weight is 548 g/mol. The summed E-state index contributed by atoms with van der Waals surface area (Å²) in [7, 11) is 1.37. The Balaban J connectivity index is 0.00000341. The van der Waals surface area contributed by atoms with Gasteiger partial charge in [0.1, 0.15) is 23.6 Å². The van der Waals surface area contributed by atoms with Crippen LogP contribution in [0.4, 0.5) is 0 Å². The molecule has 1 aromatic rings. The lowest BCUT2D eigenvalue weighted by Gasteiger charge is -2.48. The summed E-state index contributed by atoms with van der Waals surface area (Å²) in [5, 5.41) is 6.91. The fraction of sp³-hybridized carbons (Fsp3) is 0.727. The summed E-state index contributed by atoms with van der Waals surface area (Å²) < 4.78 is 16.1. The minimum atomic E-state index is -0.388. The number of carbonyl (C=O) groups is 1. The minimum Gasteiger partial charge on any atom is -0.465 e. The molecule has 31 heavy (non-hydrogen) atoms. The van der Waals surface area contributed by atoms with Gasteiger partial charge in [0.2, 0.25) is 0 Å². The molecular formula is C22H37IN4O4. The van der Waals surface area contributed by atoms with E-state index >= 15 is 0 Å². The van der Waals surface area contributed by atoms with Gasteiger partial charge in [0.25, 0.3) is 0 Å². The van der Waals surface area contributed by atoms with Crippen molar-refractivity contribution < 1.29 is 18.7 Å². The van der Waals surface area contributed by atoms with E-state index < -0.39 is 0 Å². The Kier molecular flexibility index (Phi) is 10.6. The van der Waals surface area contributed by atoms with Gasteiger partial charge in [-0.25, -0.2) is 9.79 Å². The molecule has 3 rings (SSSR count). The van der Waals surface area contributed by atoms with Crippen LogP contribution in [0.15, 0.2) is 15.5 Å². The first kappa shape index (κ1) is 25.9. The second-order valence-corrected chi connectivity index (χ2v) is 8.11. The molecule has 1 aromatic heterocycles.